The molecule has 7 nitrogen and oxygen atoms in total. The molecule has 0 saturated heterocycles. The number of nitrogens with zero attached hydrogens (tertiary/aromatic N) is 3. The molecule has 1 amide bonds. The Morgan fingerprint density at radius 2 is 1.92 bits per heavy atom. The molecular formula is C31H29FN6O. The van der Waals surface area contributed by atoms with E-state index in [1.54, 1.807) is 30.6 Å². The lowest BCUT2D eigenvalue weighted by molar-refractivity contribution is -0.121. The lowest BCUT2D eigenvalue weighted by Gasteiger charge is -2.09. The van der Waals surface area contributed by atoms with Gasteiger partial charge in [0.2, 0.25) is 5.91 Å². The van der Waals surface area contributed by atoms with E-state index in [0.717, 1.165) is 55.8 Å². The predicted octanol–water partition coefficient (Wildman–Crippen LogP) is 6.94. The summed E-state index contributed by atoms with van der Waals surface area (Å²) in [5, 5.41) is 12.2. The highest BCUT2D eigenvalue weighted by molar-refractivity contribution is 6.00. The smallest absolute Gasteiger partial charge is 0.224 e. The van der Waals surface area contributed by atoms with Gasteiger partial charge < -0.3 is 10.3 Å². The minimum absolute atomic E-state index is 0.0179. The van der Waals surface area contributed by atoms with Crippen LogP contribution in [0.2, 0.25) is 0 Å². The van der Waals surface area contributed by atoms with E-state index in [0.29, 0.717) is 12.1 Å². The summed E-state index contributed by atoms with van der Waals surface area (Å²) < 4.78 is 13.5. The number of carbonyl (C=O) groups is 1. The van der Waals surface area contributed by atoms with E-state index in [1.165, 1.54) is 12.1 Å². The van der Waals surface area contributed by atoms with Crippen molar-refractivity contribution in [3.05, 3.63) is 96.7 Å². The number of allylic oxidation sites excluding steroid dienone is 5. The molecule has 196 valence electrons. The maximum atomic E-state index is 13.5. The molecule has 5 rings (SSSR count). The van der Waals surface area contributed by atoms with Gasteiger partial charge in [0, 0.05) is 51.9 Å². The number of aromatic amines is 2. The summed E-state index contributed by atoms with van der Waals surface area (Å²) in [6, 6.07) is 12.2. The van der Waals surface area contributed by atoms with Crippen molar-refractivity contribution in [3.8, 4) is 22.6 Å². The molecule has 4 aromatic heterocycles. The van der Waals surface area contributed by atoms with E-state index in [-0.39, 0.29) is 17.6 Å². The zero-order chi connectivity index (χ0) is 27.5. The van der Waals surface area contributed by atoms with E-state index in [1.807, 2.05) is 51.1 Å². The molecule has 3 N–H and O–H groups in total. The summed E-state index contributed by atoms with van der Waals surface area (Å²) in [4.78, 5) is 24.8. The van der Waals surface area contributed by atoms with E-state index in [9.17, 15) is 9.18 Å². The van der Waals surface area contributed by atoms with Crippen LogP contribution in [-0.2, 0) is 4.79 Å². The van der Waals surface area contributed by atoms with Crippen LogP contribution in [0.1, 0.15) is 32.8 Å². The van der Waals surface area contributed by atoms with Crippen LogP contribution in [0.25, 0.3) is 50.2 Å². The van der Waals surface area contributed by atoms with Crippen molar-refractivity contribution in [3.63, 3.8) is 0 Å². The topological polar surface area (TPSA) is 99.3 Å². The Kier molecular flexibility index (Phi) is 7.19. The Labute approximate surface area is 225 Å². The molecule has 0 aliphatic rings. The van der Waals surface area contributed by atoms with Gasteiger partial charge in [0.05, 0.1) is 17.1 Å². The number of rotatable bonds is 8. The zero-order valence-electron chi connectivity index (χ0n) is 22.0. The molecule has 0 atom stereocenters. The predicted molar refractivity (Wildman–Crippen MR) is 154 cm³/mol. The average molecular weight is 521 g/mol. The molecule has 4 heterocycles. The van der Waals surface area contributed by atoms with Crippen LogP contribution in [0.4, 0.5) is 4.39 Å². The summed E-state index contributed by atoms with van der Waals surface area (Å²) in [5.41, 5.74) is 7.11. The van der Waals surface area contributed by atoms with E-state index >= 15 is 0 Å². The highest BCUT2D eigenvalue weighted by atomic mass is 19.1. The summed E-state index contributed by atoms with van der Waals surface area (Å²) in [6.45, 7) is 9.74. The first-order chi connectivity index (χ1) is 18.8. The molecule has 0 radical (unpaired) electrons. The molecule has 0 aliphatic heterocycles. The van der Waals surface area contributed by atoms with Crippen molar-refractivity contribution in [2.24, 2.45) is 5.92 Å². The zero-order valence-corrected chi connectivity index (χ0v) is 22.0. The quantitative estimate of drug-likeness (QED) is 0.193. The maximum Gasteiger partial charge on any atom is 0.224 e. The third-order valence-electron chi connectivity index (χ3n) is 6.28. The van der Waals surface area contributed by atoms with Gasteiger partial charge in [-0.2, -0.15) is 5.10 Å². The number of pyridine rings is 2. The number of benzene rings is 1. The molecule has 8 heteroatoms. The van der Waals surface area contributed by atoms with Gasteiger partial charge in [-0.1, -0.05) is 32.6 Å². The second-order valence-corrected chi connectivity index (χ2v) is 9.84. The maximum absolute atomic E-state index is 13.5. The Morgan fingerprint density at radius 3 is 2.67 bits per heavy atom. The first-order valence-corrected chi connectivity index (χ1v) is 12.7. The number of hydrogen-bond acceptors (Lipinski definition) is 4. The van der Waals surface area contributed by atoms with Gasteiger partial charge >= 0.3 is 0 Å². The van der Waals surface area contributed by atoms with Crippen LogP contribution in [0.5, 0.6) is 0 Å². The average Bonchev–Trinajstić information content (AvgIpc) is 3.52. The Bertz CT molecular complexity index is 1740. The lowest BCUT2D eigenvalue weighted by Crippen LogP contribution is -2.22. The second-order valence-electron chi connectivity index (χ2n) is 9.84. The fourth-order valence-electron chi connectivity index (χ4n) is 4.55. The van der Waals surface area contributed by atoms with Gasteiger partial charge in [-0.05, 0) is 67.0 Å². The normalized spacial score (nSPS) is 12.4. The van der Waals surface area contributed by atoms with Gasteiger partial charge in [-0.25, -0.2) is 9.37 Å². The van der Waals surface area contributed by atoms with Crippen molar-refractivity contribution < 1.29 is 9.18 Å². The molecule has 0 fully saturated rings. The molecule has 0 unspecified atom stereocenters. The molecule has 0 saturated carbocycles. The van der Waals surface area contributed by atoms with Gasteiger partial charge in [0.1, 0.15) is 5.82 Å². The van der Waals surface area contributed by atoms with Gasteiger partial charge in [-0.15, -0.1) is 0 Å². The number of nitrogens with one attached hydrogen (secondary N) is 3. The summed E-state index contributed by atoms with van der Waals surface area (Å²) in [5.74, 6) is -0.0317. The number of halogens is 1. The third kappa shape index (κ3) is 5.55. The van der Waals surface area contributed by atoms with Crippen LogP contribution in [0.15, 0.2) is 85.4 Å². The first kappa shape index (κ1) is 25.8. The highest BCUT2D eigenvalue weighted by Crippen LogP contribution is 2.33. The lowest BCUT2D eigenvalue weighted by atomic mass is 10.0. The fourth-order valence-corrected chi connectivity index (χ4v) is 4.55. The minimum atomic E-state index is -0.291. The first-order valence-electron chi connectivity index (χ1n) is 12.7. The van der Waals surface area contributed by atoms with E-state index in [4.69, 9.17) is 0 Å². The fraction of sp³-hybridized carbons (Fsp3) is 0.161. The highest BCUT2D eigenvalue weighted by Gasteiger charge is 2.16. The summed E-state index contributed by atoms with van der Waals surface area (Å²) in [7, 11) is 0. The van der Waals surface area contributed by atoms with E-state index in [2.05, 4.69) is 37.0 Å². The number of H-pyrrole nitrogens is 2. The van der Waals surface area contributed by atoms with Crippen LogP contribution in [0, 0.1) is 11.7 Å². The standard InChI is InChI=1S/C31H29FN6O/c1-5-6-21(14-19(4)35-28(39)13-18(2)3)22-15-25-30(37-38-31(25)34-17-22)27-16-24-26(36-27)11-12-33-29(24)20-7-9-23(32)10-8-20/h5-12,14-18,36H,1,13H2,2-4H3,(H,35,39)(H,34,37,38)/b19-14+,21-6+. The summed E-state index contributed by atoms with van der Waals surface area (Å²) in [6.07, 6.45) is 9.44. The molecule has 5 aromatic rings. The Hall–Kier alpha value is -4.85. The van der Waals surface area contributed by atoms with Crippen molar-refractivity contribution in [2.45, 2.75) is 27.2 Å². The Balaban J connectivity index is 1.53. The minimum Gasteiger partial charge on any atom is -0.353 e. The van der Waals surface area contributed by atoms with Gasteiger partial charge in [0.25, 0.3) is 0 Å². The molecule has 0 spiro atoms. The molecular weight excluding hydrogens is 491 g/mol. The third-order valence-corrected chi connectivity index (χ3v) is 6.28. The molecule has 0 bridgehead atoms. The van der Waals surface area contributed by atoms with Gasteiger partial charge in [-0.3, -0.25) is 14.9 Å². The molecule has 0 aliphatic carbocycles. The number of fused-ring (bicyclic) bond motifs is 2. The number of amides is 1. The number of carbonyl (C=O) groups excluding carboxylic acids is 1. The van der Waals surface area contributed by atoms with Crippen molar-refractivity contribution in [1.82, 2.24) is 30.5 Å². The number of hydrogen-bond donors (Lipinski definition) is 3. The Morgan fingerprint density at radius 1 is 1.13 bits per heavy atom. The van der Waals surface area contributed by atoms with Crippen LogP contribution < -0.4 is 5.32 Å². The molecule has 39 heavy (non-hydrogen) atoms. The van der Waals surface area contributed by atoms with Crippen molar-refractivity contribution >= 4 is 33.4 Å². The second kappa shape index (κ2) is 10.9. The van der Waals surface area contributed by atoms with E-state index < -0.39 is 0 Å². The molecule has 1 aromatic carbocycles. The van der Waals surface area contributed by atoms with Crippen LogP contribution >= 0.6 is 0 Å². The largest absolute Gasteiger partial charge is 0.353 e. The van der Waals surface area contributed by atoms with Gasteiger partial charge in [0.15, 0.2) is 5.65 Å². The van der Waals surface area contributed by atoms with Crippen LogP contribution in [-0.4, -0.2) is 31.1 Å². The van der Waals surface area contributed by atoms with Crippen LogP contribution in [0.3, 0.4) is 0 Å². The number of aromatic nitrogens is 5. The monoisotopic (exact) mass is 520 g/mol. The SMILES string of the molecule is C=C/C=C(\C=C(/C)NC(=O)CC(C)C)c1cnc2n[nH]c(-c3cc4c(-c5ccc(F)cc5)nccc4[nH]3)c2c1. The van der Waals surface area contributed by atoms with Crippen molar-refractivity contribution in [1.29, 1.82) is 0 Å². The van der Waals surface area contributed by atoms with Crippen molar-refractivity contribution in [2.75, 3.05) is 0 Å². The summed E-state index contributed by atoms with van der Waals surface area (Å²) >= 11 is 0.